The Bertz CT molecular complexity index is 576. The van der Waals surface area contributed by atoms with Crippen molar-refractivity contribution >= 4 is 22.3 Å². The van der Waals surface area contributed by atoms with Crippen LogP contribution in [0.2, 0.25) is 0 Å². The number of benzene rings is 2. The van der Waals surface area contributed by atoms with E-state index in [9.17, 15) is 4.79 Å². The molecule has 0 saturated carbocycles. The van der Waals surface area contributed by atoms with Crippen molar-refractivity contribution in [2.24, 2.45) is 5.10 Å². The smallest absolute Gasteiger partial charge is 0.275 e. The predicted molar refractivity (Wildman–Crippen MR) is 78.8 cm³/mol. The minimum atomic E-state index is -0.144. The molecule has 4 nitrogen and oxygen atoms in total. The maximum Gasteiger partial charge on any atom is 0.275 e. The molecule has 107 valence electrons. The standard InChI is InChI=1S/C14H12N2O2.ClH.Ni/c17-13-9-5-4-8-12(13)10-15-16-14(18)11-6-2-1-3-7-11;;/h1-10H,(H2,15,16,17,18);1H;/q;;+1. The Morgan fingerprint density at radius 3 is 2.35 bits per heavy atom. The number of hydrogen-bond acceptors (Lipinski definition) is 1. The maximum absolute atomic E-state index is 9.66. The summed E-state index contributed by atoms with van der Waals surface area (Å²) in [6, 6.07) is 16.0. The van der Waals surface area contributed by atoms with Crippen molar-refractivity contribution in [1.29, 1.82) is 0 Å². The van der Waals surface area contributed by atoms with Crippen molar-refractivity contribution in [3.05, 3.63) is 71.1 Å². The third kappa shape index (κ3) is 5.04. The van der Waals surface area contributed by atoms with Gasteiger partial charge >= 0.3 is 24.8 Å². The summed E-state index contributed by atoms with van der Waals surface area (Å²) in [7, 11) is 4.26. The second-order valence-electron chi connectivity index (χ2n) is 3.62. The molecule has 2 aromatic carbocycles. The molecule has 0 spiro atoms. The molecule has 0 fully saturated rings. The van der Waals surface area contributed by atoms with Crippen LogP contribution in [0.4, 0.5) is 0 Å². The Labute approximate surface area is 129 Å². The van der Waals surface area contributed by atoms with Gasteiger partial charge in [0, 0.05) is 12.3 Å². The van der Waals surface area contributed by atoms with Crippen molar-refractivity contribution < 1.29 is 24.5 Å². The molecule has 0 heterocycles. The third-order valence-electron chi connectivity index (χ3n) is 2.34. The quantitative estimate of drug-likeness (QED) is 0.358. The zero-order chi connectivity index (χ0) is 14.8. The topological polar surface area (TPSA) is 70.8 Å². The van der Waals surface area contributed by atoms with Gasteiger partial charge in [-0.2, -0.15) is 0 Å². The van der Waals surface area contributed by atoms with E-state index < -0.39 is 0 Å². The minimum absolute atomic E-state index is 0.144. The van der Waals surface area contributed by atoms with Crippen LogP contribution in [0.5, 0.6) is 5.75 Å². The molecule has 0 aliphatic carbocycles. The molecular formula is C14H13ClN2NiO2+. The summed E-state index contributed by atoms with van der Waals surface area (Å²) in [5.74, 6) is 0.227. The van der Waals surface area contributed by atoms with Gasteiger partial charge in [0.2, 0.25) is 0 Å². The summed E-state index contributed by atoms with van der Waals surface area (Å²) in [6.45, 7) is 0. The zero-order valence-corrected chi connectivity index (χ0v) is 12.1. The van der Waals surface area contributed by atoms with Gasteiger partial charge in [0.1, 0.15) is 0 Å². The SMILES string of the molecule is [Cl][Ni].[OH+]=C([N-]N=Cc1ccccc1[OH2+])c1ccccc1. The van der Waals surface area contributed by atoms with Crippen molar-refractivity contribution in [3.63, 3.8) is 0 Å². The molecule has 0 atom stereocenters. The molecule has 0 unspecified atom stereocenters. The van der Waals surface area contributed by atoms with Gasteiger partial charge in [-0.25, -0.2) is 0 Å². The van der Waals surface area contributed by atoms with E-state index in [-0.39, 0.29) is 5.91 Å². The number of hydrogen-bond donors (Lipinski definition) is 0. The van der Waals surface area contributed by atoms with Crippen LogP contribution in [-0.2, 0) is 14.6 Å². The predicted octanol–water partition coefficient (Wildman–Crippen LogP) is 3.07. The minimum Gasteiger partial charge on any atom is -0.593 e. The number of halogens is 1. The number of nitrogens with zero attached hydrogens (tertiary/aromatic N) is 2. The number of carbonyl (C=O) groups excluding carboxylic acids is 1. The third-order valence-corrected chi connectivity index (χ3v) is 2.34. The summed E-state index contributed by atoms with van der Waals surface area (Å²) < 4.78 is 0. The van der Waals surface area contributed by atoms with Crippen LogP contribution in [0.25, 0.3) is 5.43 Å². The van der Waals surface area contributed by atoms with Crippen molar-refractivity contribution in [3.8, 4) is 5.75 Å². The van der Waals surface area contributed by atoms with E-state index in [2.05, 4.69) is 35.3 Å². The fourth-order valence-corrected chi connectivity index (χ4v) is 1.40. The molecular weight excluding hydrogens is 322 g/mol. The van der Waals surface area contributed by atoms with Crippen LogP contribution in [0, 0.1) is 0 Å². The van der Waals surface area contributed by atoms with Gasteiger partial charge in [0.15, 0.2) is 0 Å². The number of amides is 1. The molecule has 0 bridgehead atoms. The molecule has 20 heavy (non-hydrogen) atoms. The zero-order valence-electron chi connectivity index (χ0n) is 10.3. The van der Waals surface area contributed by atoms with E-state index in [1.54, 1.807) is 30.3 Å². The van der Waals surface area contributed by atoms with Crippen molar-refractivity contribution in [2.75, 3.05) is 0 Å². The van der Waals surface area contributed by atoms with E-state index >= 15 is 0 Å². The molecule has 2 aromatic rings. The molecule has 2 rings (SSSR count). The largest absolute Gasteiger partial charge is 0.593 e. The Balaban J connectivity index is 0.000000956. The first-order valence-electron chi connectivity index (χ1n) is 5.55. The van der Waals surface area contributed by atoms with Crippen LogP contribution >= 0.6 is 10.2 Å². The molecule has 0 saturated heterocycles. The van der Waals surface area contributed by atoms with E-state index in [1.165, 1.54) is 6.21 Å². The van der Waals surface area contributed by atoms with Crippen LogP contribution in [0.1, 0.15) is 11.1 Å². The first kappa shape index (κ1) is 16.2. The van der Waals surface area contributed by atoms with Crippen molar-refractivity contribution in [1.82, 2.24) is 0 Å². The van der Waals surface area contributed by atoms with Gasteiger partial charge in [0.25, 0.3) is 11.7 Å². The van der Waals surface area contributed by atoms with E-state index in [4.69, 9.17) is 5.11 Å². The monoisotopic (exact) mass is 334 g/mol. The van der Waals surface area contributed by atoms with Crippen LogP contribution < -0.4 is 0 Å². The van der Waals surface area contributed by atoms with Gasteiger partial charge < -0.3 is 15.6 Å². The Morgan fingerprint density at radius 1 is 1.10 bits per heavy atom. The van der Waals surface area contributed by atoms with Crippen LogP contribution in [0.3, 0.4) is 0 Å². The average Bonchev–Trinajstić information content (AvgIpc) is 2.52. The fraction of sp³-hybridized carbons (Fsp3) is 0. The Hall–Kier alpha value is -1.84. The maximum atomic E-state index is 9.66. The first-order chi connectivity index (χ1) is 9.77. The Morgan fingerprint density at radius 2 is 1.70 bits per heavy atom. The van der Waals surface area contributed by atoms with Gasteiger partial charge in [-0.15, -0.1) is 0 Å². The number of para-hydroxylation sites is 1. The average molecular weight is 335 g/mol. The van der Waals surface area contributed by atoms with Gasteiger partial charge in [0.05, 0.1) is 11.1 Å². The van der Waals surface area contributed by atoms with Crippen LogP contribution in [-0.4, -0.2) is 22.0 Å². The molecule has 0 aliphatic rings. The van der Waals surface area contributed by atoms with E-state index in [1.807, 2.05) is 24.3 Å². The van der Waals surface area contributed by atoms with Gasteiger partial charge in [-0.1, -0.05) is 30.3 Å². The first-order valence-corrected chi connectivity index (χ1v) is 6.91. The van der Waals surface area contributed by atoms with E-state index in [0.717, 1.165) is 0 Å². The summed E-state index contributed by atoms with van der Waals surface area (Å²) in [4.78, 5) is 9.66. The van der Waals surface area contributed by atoms with E-state index in [0.29, 0.717) is 16.9 Å². The summed E-state index contributed by atoms with van der Waals surface area (Å²) in [5, 5.41) is 11.4. The van der Waals surface area contributed by atoms with Gasteiger partial charge in [-0.3, -0.25) is 4.79 Å². The molecule has 0 radical (unpaired) electrons. The molecule has 1 amide bonds. The Kier molecular flexibility index (Phi) is 7.40. The summed E-state index contributed by atoms with van der Waals surface area (Å²) in [5.41, 5.74) is 4.95. The molecule has 6 heteroatoms. The fourth-order valence-electron chi connectivity index (χ4n) is 1.40. The molecule has 0 aliphatic heterocycles. The number of rotatable bonds is 3. The van der Waals surface area contributed by atoms with Crippen molar-refractivity contribution in [2.45, 2.75) is 0 Å². The molecule has 0 aromatic heterocycles. The normalized spacial score (nSPS) is 9.75. The van der Waals surface area contributed by atoms with Gasteiger partial charge in [-0.05, 0) is 18.2 Å². The second-order valence-corrected chi connectivity index (χ2v) is 3.62. The summed E-state index contributed by atoms with van der Waals surface area (Å²) >= 11 is 3.35. The summed E-state index contributed by atoms with van der Waals surface area (Å²) in [6.07, 6.45) is 1.45. The van der Waals surface area contributed by atoms with Crippen LogP contribution in [0.15, 0.2) is 59.7 Å². The molecule has 3 N–H and O–H groups in total. The second kappa shape index (κ2) is 9.13.